The largest absolute Gasteiger partial charge is 0.322 e. The van der Waals surface area contributed by atoms with Crippen LogP contribution in [0.1, 0.15) is 16.1 Å². The fourth-order valence-corrected chi connectivity index (χ4v) is 1.50. The summed E-state index contributed by atoms with van der Waals surface area (Å²) in [5.41, 5.74) is 1.04. The van der Waals surface area contributed by atoms with Crippen molar-refractivity contribution in [3.05, 3.63) is 59.4 Å². The van der Waals surface area contributed by atoms with Crippen LogP contribution in [0, 0.1) is 18.6 Å². The van der Waals surface area contributed by atoms with E-state index in [1.807, 2.05) is 0 Å². The van der Waals surface area contributed by atoms with Gasteiger partial charge in [-0.05, 0) is 31.2 Å². The van der Waals surface area contributed by atoms with Crippen LogP contribution in [-0.2, 0) is 0 Å². The minimum absolute atomic E-state index is 0.203. The molecule has 3 nitrogen and oxygen atoms in total. The Balaban J connectivity index is 2.22. The summed E-state index contributed by atoms with van der Waals surface area (Å²) in [6.07, 6.45) is 1.53. The van der Waals surface area contributed by atoms with Crippen LogP contribution in [0.25, 0.3) is 0 Å². The number of aryl methyl sites for hydroxylation is 1. The number of benzene rings is 1. The highest BCUT2D eigenvalue weighted by Crippen LogP contribution is 2.13. The molecule has 1 amide bonds. The van der Waals surface area contributed by atoms with Crippen molar-refractivity contribution in [3.63, 3.8) is 0 Å². The zero-order valence-corrected chi connectivity index (χ0v) is 9.58. The van der Waals surface area contributed by atoms with Crippen molar-refractivity contribution in [2.75, 3.05) is 5.32 Å². The van der Waals surface area contributed by atoms with Gasteiger partial charge in [-0.2, -0.15) is 0 Å². The maximum atomic E-state index is 13.4. The lowest BCUT2D eigenvalue weighted by Crippen LogP contribution is -2.14. The standard InChI is InChI=1S/C13H10F2N2O/c1-8-6-10(4-5-16-8)17-13(18)11-3-2-9(14)7-12(11)15/h2-7H,1H3,(H,16,17,18). The number of nitrogens with one attached hydrogen (secondary N) is 1. The van der Waals surface area contributed by atoms with Gasteiger partial charge in [-0.25, -0.2) is 8.78 Å². The first-order valence-corrected chi connectivity index (χ1v) is 5.25. The molecule has 0 bridgehead atoms. The van der Waals surface area contributed by atoms with Gasteiger partial charge >= 0.3 is 0 Å². The van der Waals surface area contributed by atoms with Gasteiger partial charge in [0.05, 0.1) is 5.56 Å². The van der Waals surface area contributed by atoms with Gasteiger partial charge in [0.1, 0.15) is 11.6 Å². The first-order valence-electron chi connectivity index (χ1n) is 5.25. The summed E-state index contributed by atoms with van der Waals surface area (Å²) < 4.78 is 26.1. The Morgan fingerprint density at radius 2 is 2.00 bits per heavy atom. The van der Waals surface area contributed by atoms with E-state index in [-0.39, 0.29) is 5.56 Å². The summed E-state index contributed by atoms with van der Waals surface area (Å²) in [4.78, 5) is 15.7. The van der Waals surface area contributed by atoms with Gasteiger partial charge in [0.15, 0.2) is 0 Å². The van der Waals surface area contributed by atoms with E-state index in [4.69, 9.17) is 0 Å². The lowest BCUT2D eigenvalue weighted by molar-refractivity contribution is 0.102. The lowest BCUT2D eigenvalue weighted by Gasteiger charge is -2.06. The predicted molar refractivity (Wildman–Crippen MR) is 63.3 cm³/mol. The van der Waals surface area contributed by atoms with Gasteiger partial charge in [-0.1, -0.05) is 0 Å². The van der Waals surface area contributed by atoms with Gasteiger partial charge in [0, 0.05) is 23.6 Å². The predicted octanol–water partition coefficient (Wildman–Crippen LogP) is 2.92. The van der Waals surface area contributed by atoms with Crippen LogP contribution in [0.2, 0.25) is 0 Å². The summed E-state index contributed by atoms with van der Waals surface area (Å²) in [5.74, 6) is -2.24. The van der Waals surface area contributed by atoms with Crippen LogP contribution in [0.3, 0.4) is 0 Å². The van der Waals surface area contributed by atoms with E-state index in [9.17, 15) is 13.6 Å². The number of amides is 1. The van der Waals surface area contributed by atoms with Crippen LogP contribution in [-0.4, -0.2) is 10.9 Å². The number of hydrogen-bond acceptors (Lipinski definition) is 2. The van der Waals surface area contributed by atoms with E-state index in [0.717, 1.165) is 17.8 Å². The number of nitrogens with zero attached hydrogens (tertiary/aromatic N) is 1. The van der Waals surface area contributed by atoms with Crippen molar-refractivity contribution in [3.8, 4) is 0 Å². The number of halogens is 2. The molecule has 1 aromatic carbocycles. The summed E-state index contributed by atoms with van der Waals surface area (Å²) in [6.45, 7) is 1.77. The zero-order chi connectivity index (χ0) is 13.1. The third-order valence-corrected chi connectivity index (χ3v) is 2.33. The second-order valence-corrected chi connectivity index (χ2v) is 3.76. The molecular weight excluding hydrogens is 238 g/mol. The maximum absolute atomic E-state index is 13.4. The van der Waals surface area contributed by atoms with Gasteiger partial charge in [-0.3, -0.25) is 9.78 Å². The molecule has 0 radical (unpaired) electrons. The molecule has 1 N–H and O–H groups in total. The normalized spacial score (nSPS) is 10.2. The molecule has 92 valence electrons. The Morgan fingerprint density at radius 3 is 2.67 bits per heavy atom. The molecule has 5 heteroatoms. The average molecular weight is 248 g/mol. The van der Waals surface area contributed by atoms with Crippen LogP contribution in [0.4, 0.5) is 14.5 Å². The highest BCUT2D eigenvalue weighted by atomic mass is 19.1. The number of carbonyl (C=O) groups is 1. The quantitative estimate of drug-likeness (QED) is 0.887. The molecule has 0 atom stereocenters. The monoisotopic (exact) mass is 248 g/mol. The van der Waals surface area contributed by atoms with E-state index in [2.05, 4.69) is 10.3 Å². The number of pyridine rings is 1. The molecule has 0 aliphatic rings. The lowest BCUT2D eigenvalue weighted by atomic mass is 10.2. The molecule has 0 saturated heterocycles. The van der Waals surface area contributed by atoms with Crippen molar-refractivity contribution in [1.82, 2.24) is 4.98 Å². The molecule has 18 heavy (non-hydrogen) atoms. The highest BCUT2D eigenvalue weighted by Gasteiger charge is 2.12. The molecule has 0 aliphatic carbocycles. The number of rotatable bonds is 2. The second kappa shape index (κ2) is 4.91. The highest BCUT2D eigenvalue weighted by molar-refractivity contribution is 6.04. The number of anilines is 1. The van der Waals surface area contributed by atoms with Crippen LogP contribution < -0.4 is 5.32 Å². The minimum Gasteiger partial charge on any atom is -0.322 e. The van der Waals surface area contributed by atoms with E-state index in [1.165, 1.54) is 6.20 Å². The van der Waals surface area contributed by atoms with E-state index in [0.29, 0.717) is 11.8 Å². The molecule has 1 aromatic heterocycles. The summed E-state index contributed by atoms with van der Waals surface area (Å²) in [6, 6.07) is 6.06. The zero-order valence-electron chi connectivity index (χ0n) is 9.58. The van der Waals surface area contributed by atoms with Crippen molar-refractivity contribution in [1.29, 1.82) is 0 Å². The van der Waals surface area contributed by atoms with Crippen LogP contribution >= 0.6 is 0 Å². The van der Waals surface area contributed by atoms with Crippen molar-refractivity contribution >= 4 is 11.6 Å². The average Bonchev–Trinajstić information content (AvgIpc) is 2.28. The molecule has 0 fully saturated rings. The molecule has 0 aliphatic heterocycles. The fourth-order valence-electron chi connectivity index (χ4n) is 1.50. The van der Waals surface area contributed by atoms with Gasteiger partial charge in [0.2, 0.25) is 0 Å². The first-order chi connectivity index (χ1) is 8.56. The summed E-state index contributed by atoms with van der Waals surface area (Å²) >= 11 is 0. The Morgan fingerprint density at radius 1 is 1.22 bits per heavy atom. The third kappa shape index (κ3) is 2.68. The molecular formula is C13H10F2N2O. The number of carbonyl (C=O) groups excluding carboxylic acids is 1. The Bertz CT molecular complexity index is 599. The molecule has 0 unspecified atom stereocenters. The van der Waals surface area contributed by atoms with E-state index in [1.54, 1.807) is 19.1 Å². The Hall–Kier alpha value is -2.30. The van der Waals surface area contributed by atoms with Crippen molar-refractivity contribution < 1.29 is 13.6 Å². The summed E-state index contributed by atoms with van der Waals surface area (Å²) in [5, 5.41) is 2.52. The van der Waals surface area contributed by atoms with Crippen LogP contribution in [0.5, 0.6) is 0 Å². The Labute approximate surface area is 102 Å². The molecule has 2 aromatic rings. The fraction of sp³-hybridized carbons (Fsp3) is 0.0769. The van der Waals surface area contributed by atoms with Crippen molar-refractivity contribution in [2.45, 2.75) is 6.92 Å². The SMILES string of the molecule is Cc1cc(NC(=O)c2ccc(F)cc2F)ccn1. The third-order valence-electron chi connectivity index (χ3n) is 2.33. The second-order valence-electron chi connectivity index (χ2n) is 3.76. The maximum Gasteiger partial charge on any atom is 0.258 e. The van der Waals surface area contributed by atoms with Gasteiger partial charge in [-0.15, -0.1) is 0 Å². The number of hydrogen-bond donors (Lipinski definition) is 1. The van der Waals surface area contributed by atoms with Gasteiger partial charge < -0.3 is 5.32 Å². The van der Waals surface area contributed by atoms with E-state index < -0.39 is 17.5 Å². The topological polar surface area (TPSA) is 42.0 Å². The molecule has 0 saturated carbocycles. The summed E-state index contributed by atoms with van der Waals surface area (Å²) in [7, 11) is 0. The number of aromatic nitrogens is 1. The first kappa shape index (κ1) is 12.2. The Kier molecular flexibility index (Phi) is 3.32. The van der Waals surface area contributed by atoms with Crippen molar-refractivity contribution in [2.24, 2.45) is 0 Å². The molecule has 0 spiro atoms. The molecule has 1 heterocycles. The van der Waals surface area contributed by atoms with Crippen LogP contribution in [0.15, 0.2) is 36.5 Å². The molecule has 2 rings (SSSR count). The van der Waals surface area contributed by atoms with E-state index >= 15 is 0 Å². The van der Waals surface area contributed by atoms with Gasteiger partial charge in [0.25, 0.3) is 5.91 Å². The smallest absolute Gasteiger partial charge is 0.258 e. The minimum atomic E-state index is -0.890.